The zero-order valence-corrected chi connectivity index (χ0v) is 15.8. The minimum atomic E-state index is -0.187. The summed E-state index contributed by atoms with van der Waals surface area (Å²) in [5.41, 5.74) is 2.48. The summed E-state index contributed by atoms with van der Waals surface area (Å²) in [5.74, 6) is 0.0492. The van der Waals surface area contributed by atoms with Crippen LogP contribution in [0.4, 0.5) is 0 Å². The summed E-state index contributed by atoms with van der Waals surface area (Å²) in [6, 6.07) is 8.61. The van der Waals surface area contributed by atoms with Crippen LogP contribution in [0.3, 0.4) is 0 Å². The van der Waals surface area contributed by atoms with Gasteiger partial charge in [-0.1, -0.05) is 31.2 Å². The van der Waals surface area contributed by atoms with E-state index >= 15 is 0 Å². The van der Waals surface area contributed by atoms with Gasteiger partial charge in [0.25, 0.3) is 0 Å². The Morgan fingerprint density at radius 1 is 1.24 bits per heavy atom. The lowest BCUT2D eigenvalue weighted by atomic mass is 9.98. The van der Waals surface area contributed by atoms with Crippen molar-refractivity contribution in [3.8, 4) is 0 Å². The largest absolute Gasteiger partial charge is 0.342 e. The number of piperazine rings is 1. The molecular weight excluding hydrogens is 338 g/mol. The van der Waals surface area contributed by atoms with E-state index in [2.05, 4.69) is 36.5 Å². The summed E-state index contributed by atoms with van der Waals surface area (Å²) in [5, 5.41) is 3.39. The highest BCUT2D eigenvalue weighted by atomic mass is 35.5. The van der Waals surface area contributed by atoms with Crippen LogP contribution in [0.15, 0.2) is 24.3 Å². The molecule has 25 heavy (non-hydrogen) atoms. The summed E-state index contributed by atoms with van der Waals surface area (Å²) in [7, 11) is 0. The van der Waals surface area contributed by atoms with Gasteiger partial charge in [0, 0.05) is 39.1 Å². The highest BCUT2D eigenvalue weighted by Crippen LogP contribution is 2.28. The van der Waals surface area contributed by atoms with Crippen molar-refractivity contribution in [2.24, 2.45) is 5.92 Å². The van der Waals surface area contributed by atoms with E-state index in [0.717, 1.165) is 19.5 Å². The molecule has 2 atom stereocenters. The van der Waals surface area contributed by atoms with E-state index in [9.17, 15) is 9.59 Å². The lowest BCUT2D eigenvalue weighted by Gasteiger charge is -2.38. The van der Waals surface area contributed by atoms with Gasteiger partial charge in [-0.15, -0.1) is 12.4 Å². The predicted octanol–water partition coefficient (Wildman–Crippen LogP) is 2.01. The Labute approximate surface area is 156 Å². The molecule has 2 heterocycles. The van der Waals surface area contributed by atoms with Crippen LogP contribution in [0.2, 0.25) is 0 Å². The van der Waals surface area contributed by atoms with Gasteiger partial charge < -0.3 is 15.1 Å². The molecule has 0 bridgehead atoms. The van der Waals surface area contributed by atoms with E-state index in [1.165, 1.54) is 11.1 Å². The van der Waals surface area contributed by atoms with Crippen LogP contribution in [0.1, 0.15) is 37.4 Å². The SMILES string of the molecule is CCc1ccc(C2CNCCN2C(=O)C2CC(=O)N(CC)C2)cc1.Cl. The maximum Gasteiger partial charge on any atom is 0.228 e. The third kappa shape index (κ3) is 4.15. The summed E-state index contributed by atoms with van der Waals surface area (Å²) in [4.78, 5) is 28.8. The molecule has 6 heteroatoms. The highest BCUT2D eigenvalue weighted by Gasteiger charge is 2.38. The summed E-state index contributed by atoms with van der Waals surface area (Å²) in [6.45, 7) is 7.65. The molecule has 2 fully saturated rings. The Morgan fingerprint density at radius 2 is 1.96 bits per heavy atom. The zero-order chi connectivity index (χ0) is 17.1. The van der Waals surface area contributed by atoms with Gasteiger partial charge in [-0.3, -0.25) is 9.59 Å². The lowest BCUT2D eigenvalue weighted by Crippen LogP contribution is -2.50. The molecule has 5 nitrogen and oxygen atoms in total. The monoisotopic (exact) mass is 365 g/mol. The predicted molar refractivity (Wildman–Crippen MR) is 101 cm³/mol. The third-order valence-electron chi connectivity index (χ3n) is 5.24. The maximum absolute atomic E-state index is 13.0. The molecule has 0 saturated carbocycles. The average Bonchev–Trinajstić information content (AvgIpc) is 3.02. The molecule has 138 valence electrons. The van der Waals surface area contributed by atoms with Crippen LogP contribution in [0.25, 0.3) is 0 Å². The molecule has 2 aliphatic heterocycles. The number of carbonyl (C=O) groups excluding carboxylic acids is 2. The fraction of sp³-hybridized carbons (Fsp3) is 0.579. The molecule has 2 unspecified atom stereocenters. The second kappa shape index (κ2) is 8.68. The van der Waals surface area contributed by atoms with Gasteiger partial charge in [-0.05, 0) is 24.5 Å². The number of hydrogen-bond acceptors (Lipinski definition) is 3. The molecule has 2 amide bonds. The first kappa shape index (κ1) is 19.7. The van der Waals surface area contributed by atoms with Crippen molar-refractivity contribution in [2.75, 3.05) is 32.7 Å². The zero-order valence-electron chi connectivity index (χ0n) is 15.0. The van der Waals surface area contributed by atoms with E-state index in [1.807, 2.05) is 11.8 Å². The molecule has 1 aromatic rings. The normalized spacial score (nSPS) is 23.5. The van der Waals surface area contributed by atoms with E-state index in [-0.39, 0.29) is 36.2 Å². The quantitative estimate of drug-likeness (QED) is 0.888. The Balaban J connectivity index is 0.00000225. The van der Waals surface area contributed by atoms with Crippen molar-refractivity contribution >= 4 is 24.2 Å². The number of likely N-dealkylation sites (tertiary alicyclic amines) is 1. The number of carbonyl (C=O) groups is 2. The molecule has 0 aromatic heterocycles. The summed E-state index contributed by atoms with van der Waals surface area (Å²) >= 11 is 0. The van der Waals surface area contributed by atoms with Crippen LogP contribution < -0.4 is 5.32 Å². The van der Waals surface area contributed by atoms with Gasteiger partial charge in [0.1, 0.15) is 0 Å². The van der Waals surface area contributed by atoms with Crippen molar-refractivity contribution in [1.82, 2.24) is 15.1 Å². The fourth-order valence-electron chi connectivity index (χ4n) is 3.72. The number of amides is 2. The average molecular weight is 366 g/mol. The topological polar surface area (TPSA) is 52.7 Å². The highest BCUT2D eigenvalue weighted by molar-refractivity contribution is 5.89. The van der Waals surface area contributed by atoms with Crippen molar-refractivity contribution in [2.45, 2.75) is 32.7 Å². The van der Waals surface area contributed by atoms with Crippen LogP contribution in [0, 0.1) is 5.92 Å². The smallest absolute Gasteiger partial charge is 0.228 e. The number of rotatable bonds is 4. The summed E-state index contributed by atoms with van der Waals surface area (Å²) in [6.07, 6.45) is 1.38. The second-order valence-electron chi connectivity index (χ2n) is 6.68. The van der Waals surface area contributed by atoms with E-state index in [0.29, 0.717) is 26.1 Å². The molecule has 0 spiro atoms. The number of aryl methyl sites for hydroxylation is 1. The van der Waals surface area contributed by atoms with E-state index < -0.39 is 0 Å². The third-order valence-corrected chi connectivity index (χ3v) is 5.24. The van der Waals surface area contributed by atoms with Crippen LogP contribution >= 0.6 is 12.4 Å². The van der Waals surface area contributed by atoms with Crippen LogP contribution in [0.5, 0.6) is 0 Å². The number of benzene rings is 1. The van der Waals surface area contributed by atoms with Gasteiger partial charge in [-0.2, -0.15) is 0 Å². The summed E-state index contributed by atoms with van der Waals surface area (Å²) < 4.78 is 0. The number of hydrogen-bond donors (Lipinski definition) is 1. The molecule has 2 saturated heterocycles. The van der Waals surface area contributed by atoms with Crippen molar-refractivity contribution < 1.29 is 9.59 Å². The minimum absolute atomic E-state index is 0. The van der Waals surface area contributed by atoms with Gasteiger partial charge in [0.15, 0.2) is 0 Å². The Hall–Kier alpha value is -1.59. The van der Waals surface area contributed by atoms with Gasteiger partial charge in [0.05, 0.1) is 12.0 Å². The number of nitrogens with one attached hydrogen (secondary N) is 1. The lowest BCUT2D eigenvalue weighted by molar-refractivity contribution is -0.139. The number of nitrogens with zero attached hydrogens (tertiary/aromatic N) is 2. The van der Waals surface area contributed by atoms with E-state index in [1.54, 1.807) is 4.90 Å². The standard InChI is InChI=1S/C19H27N3O2.ClH/c1-3-14-5-7-15(8-6-14)17-12-20-9-10-22(17)19(24)16-11-18(23)21(4-2)13-16;/h5-8,16-17,20H,3-4,9-13H2,1-2H3;1H. The van der Waals surface area contributed by atoms with Crippen LogP contribution in [-0.2, 0) is 16.0 Å². The molecular formula is C19H28ClN3O2. The van der Waals surface area contributed by atoms with Crippen molar-refractivity contribution in [3.63, 3.8) is 0 Å². The second-order valence-corrected chi connectivity index (χ2v) is 6.68. The van der Waals surface area contributed by atoms with Gasteiger partial charge in [-0.25, -0.2) is 0 Å². The molecule has 0 aliphatic carbocycles. The van der Waals surface area contributed by atoms with Crippen LogP contribution in [-0.4, -0.2) is 54.3 Å². The molecule has 0 radical (unpaired) electrons. The number of halogens is 1. The maximum atomic E-state index is 13.0. The first-order chi connectivity index (χ1) is 11.6. The molecule has 1 N–H and O–H groups in total. The van der Waals surface area contributed by atoms with Gasteiger partial charge in [0.2, 0.25) is 11.8 Å². The first-order valence-electron chi connectivity index (χ1n) is 9.01. The Kier molecular flexibility index (Phi) is 6.85. The molecule has 1 aromatic carbocycles. The Morgan fingerprint density at radius 3 is 2.56 bits per heavy atom. The molecule has 2 aliphatic rings. The first-order valence-corrected chi connectivity index (χ1v) is 9.01. The fourth-order valence-corrected chi connectivity index (χ4v) is 3.72. The van der Waals surface area contributed by atoms with E-state index in [4.69, 9.17) is 0 Å². The van der Waals surface area contributed by atoms with Crippen molar-refractivity contribution in [1.29, 1.82) is 0 Å². The molecule has 3 rings (SSSR count). The van der Waals surface area contributed by atoms with Crippen molar-refractivity contribution in [3.05, 3.63) is 35.4 Å². The minimum Gasteiger partial charge on any atom is -0.342 e. The Bertz CT molecular complexity index is 605. The van der Waals surface area contributed by atoms with Gasteiger partial charge >= 0.3 is 0 Å².